The van der Waals surface area contributed by atoms with E-state index in [-0.39, 0.29) is 11.6 Å². The zero-order valence-corrected chi connectivity index (χ0v) is 20.8. The van der Waals surface area contributed by atoms with E-state index >= 15 is 0 Å². The summed E-state index contributed by atoms with van der Waals surface area (Å²) in [6, 6.07) is 10.6. The smallest absolute Gasteiger partial charge is 0.240 e. The summed E-state index contributed by atoms with van der Waals surface area (Å²) in [6.45, 7) is 3.07. The van der Waals surface area contributed by atoms with Crippen molar-refractivity contribution in [1.82, 2.24) is 40.2 Å². The summed E-state index contributed by atoms with van der Waals surface area (Å²) in [5.74, 6) is 0.291. The molecule has 1 N–H and O–H groups in total. The first-order valence-electron chi connectivity index (χ1n) is 12.5. The minimum absolute atomic E-state index is 0.0319. The molecule has 0 aliphatic carbocycles. The van der Waals surface area contributed by atoms with E-state index in [1.807, 2.05) is 24.3 Å². The highest BCUT2D eigenvalue weighted by Crippen LogP contribution is 2.24. The Bertz CT molecular complexity index is 1570. The molecule has 1 aliphatic rings. The van der Waals surface area contributed by atoms with Crippen molar-refractivity contribution in [3.8, 4) is 28.8 Å². The third kappa shape index (κ3) is 5.96. The van der Waals surface area contributed by atoms with Crippen LogP contribution in [0.3, 0.4) is 0 Å². The Hall–Kier alpha value is -4.58. The second kappa shape index (κ2) is 11.0. The molecule has 0 spiro atoms. The van der Waals surface area contributed by atoms with Gasteiger partial charge in [-0.25, -0.2) is 28.4 Å². The lowest BCUT2D eigenvalue weighted by Gasteiger charge is -2.22. The molecule has 0 atom stereocenters. The zero-order valence-electron chi connectivity index (χ0n) is 20.8. The van der Waals surface area contributed by atoms with Crippen LogP contribution in [0, 0.1) is 17.6 Å². The number of halogens is 2. The molecule has 5 aromatic rings. The third-order valence-electron chi connectivity index (χ3n) is 6.35. The largest absolute Gasteiger partial charge is 0.490 e. The molecule has 1 fully saturated rings. The summed E-state index contributed by atoms with van der Waals surface area (Å²) in [6.07, 6.45) is 6.94. The number of rotatable bonds is 8. The summed E-state index contributed by atoms with van der Waals surface area (Å²) < 4.78 is 40.0. The van der Waals surface area contributed by atoms with Crippen LogP contribution in [0.15, 0.2) is 61.1 Å². The predicted molar refractivity (Wildman–Crippen MR) is 137 cm³/mol. The molecule has 39 heavy (non-hydrogen) atoms. The van der Waals surface area contributed by atoms with Gasteiger partial charge in [-0.15, -0.1) is 5.10 Å². The van der Waals surface area contributed by atoms with Crippen LogP contribution in [0.1, 0.15) is 18.4 Å². The maximum absolute atomic E-state index is 13.5. The Labute approximate surface area is 222 Å². The highest BCUT2D eigenvalue weighted by molar-refractivity contribution is 5.65. The standard InChI is InChI=1S/C27H24F2N8O2/c28-20-9-21(29)11-22(10-20)39-24-14-33-26-27(34-24)37(36-35-26)15-18-2-1-3-19(8-18)25-31-12-23(13-32-25)38-16-17-4-6-30-7-5-17/h1-3,8-14,17,30H,4-7,15-16H2. The maximum Gasteiger partial charge on any atom is 0.240 e. The number of hydrogen-bond acceptors (Lipinski definition) is 9. The van der Waals surface area contributed by atoms with Crippen molar-refractivity contribution in [2.24, 2.45) is 5.92 Å². The van der Waals surface area contributed by atoms with Crippen molar-refractivity contribution in [3.05, 3.63) is 78.3 Å². The molecule has 198 valence electrons. The van der Waals surface area contributed by atoms with Crippen LogP contribution in [-0.2, 0) is 6.54 Å². The number of benzene rings is 2. The van der Waals surface area contributed by atoms with E-state index in [0.29, 0.717) is 41.9 Å². The van der Waals surface area contributed by atoms with Gasteiger partial charge in [0.05, 0.1) is 31.7 Å². The van der Waals surface area contributed by atoms with Gasteiger partial charge in [0.1, 0.15) is 17.4 Å². The molecule has 0 saturated carbocycles. The maximum atomic E-state index is 13.5. The van der Waals surface area contributed by atoms with Crippen molar-refractivity contribution < 1.29 is 18.3 Å². The van der Waals surface area contributed by atoms with Crippen LogP contribution < -0.4 is 14.8 Å². The summed E-state index contributed by atoms with van der Waals surface area (Å²) in [5, 5.41) is 11.6. The number of fused-ring (bicyclic) bond motifs is 1. The highest BCUT2D eigenvalue weighted by atomic mass is 19.1. The molecule has 12 heteroatoms. The Morgan fingerprint density at radius 1 is 0.923 bits per heavy atom. The number of nitrogens with one attached hydrogen (secondary N) is 1. The van der Waals surface area contributed by atoms with Crippen molar-refractivity contribution >= 4 is 11.3 Å². The SMILES string of the molecule is Fc1cc(F)cc(Oc2cnc3nnn(Cc4cccc(-c5ncc(OCC6CCNCC6)cn5)c4)c3n2)c1. The molecular formula is C27H24F2N8O2. The van der Waals surface area contributed by atoms with E-state index in [1.165, 1.54) is 6.20 Å². The monoisotopic (exact) mass is 530 g/mol. The Morgan fingerprint density at radius 2 is 1.72 bits per heavy atom. The summed E-state index contributed by atoms with van der Waals surface area (Å²) in [4.78, 5) is 17.6. The molecule has 1 saturated heterocycles. The summed E-state index contributed by atoms with van der Waals surface area (Å²) in [5.41, 5.74) is 2.42. The first kappa shape index (κ1) is 24.7. The number of hydrogen-bond donors (Lipinski definition) is 1. The van der Waals surface area contributed by atoms with Crippen LogP contribution in [-0.4, -0.2) is 54.6 Å². The van der Waals surface area contributed by atoms with Gasteiger partial charge in [0, 0.05) is 23.8 Å². The van der Waals surface area contributed by atoms with Crippen LogP contribution in [0.2, 0.25) is 0 Å². The van der Waals surface area contributed by atoms with Gasteiger partial charge >= 0.3 is 0 Å². The van der Waals surface area contributed by atoms with Crippen LogP contribution >= 0.6 is 0 Å². The van der Waals surface area contributed by atoms with Gasteiger partial charge in [0.25, 0.3) is 0 Å². The van der Waals surface area contributed by atoms with Crippen molar-refractivity contribution in [2.75, 3.05) is 19.7 Å². The molecule has 6 rings (SSSR count). The van der Waals surface area contributed by atoms with Crippen LogP contribution in [0.4, 0.5) is 8.78 Å². The second-order valence-corrected chi connectivity index (χ2v) is 9.26. The molecule has 0 amide bonds. The number of aromatic nitrogens is 7. The van der Waals surface area contributed by atoms with Crippen molar-refractivity contribution in [1.29, 1.82) is 0 Å². The highest BCUT2D eigenvalue weighted by Gasteiger charge is 2.15. The fourth-order valence-electron chi connectivity index (χ4n) is 4.39. The molecule has 4 heterocycles. The molecule has 3 aromatic heterocycles. The lowest BCUT2D eigenvalue weighted by atomic mass is 9.99. The fourth-order valence-corrected chi connectivity index (χ4v) is 4.39. The van der Waals surface area contributed by atoms with E-state index in [4.69, 9.17) is 9.47 Å². The van der Waals surface area contributed by atoms with Gasteiger partial charge in [0.15, 0.2) is 11.6 Å². The van der Waals surface area contributed by atoms with E-state index in [2.05, 4.69) is 35.6 Å². The van der Waals surface area contributed by atoms with E-state index < -0.39 is 11.6 Å². The molecular weight excluding hydrogens is 506 g/mol. The van der Waals surface area contributed by atoms with Crippen LogP contribution in [0.5, 0.6) is 17.4 Å². The lowest BCUT2D eigenvalue weighted by Crippen LogP contribution is -2.30. The van der Waals surface area contributed by atoms with E-state index in [0.717, 1.165) is 55.3 Å². The van der Waals surface area contributed by atoms with E-state index in [9.17, 15) is 8.78 Å². The number of nitrogens with zero attached hydrogens (tertiary/aromatic N) is 7. The first-order chi connectivity index (χ1) is 19.1. The quantitative estimate of drug-likeness (QED) is 0.316. The van der Waals surface area contributed by atoms with Crippen LogP contribution in [0.25, 0.3) is 22.7 Å². The average molecular weight is 531 g/mol. The normalized spacial score (nSPS) is 14.0. The minimum atomic E-state index is -0.756. The van der Waals surface area contributed by atoms with Gasteiger partial charge in [-0.05, 0) is 43.5 Å². The molecule has 0 bridgehead atoms. The molecule has 2 aromatic carbocycles. The topological polar surface area (TPSA) is 113 Å². The molecule has 0 unspecified atom stereocenters. The van der Waals surface area contributed by atoms with E-state index in [1.54, 1.807) is 17.1 Å². The second-order valence-electron chi connectivity index (χ2n) is 9.26. The van der Waals surface area contributed by atoms with Gasteiger partial charge < -0.3 is 14.8 Å². The molecule has 10 nitrogen and oxygen atoms in total. The molecule has 1 aliphatic heterocycles. The van der Waals surface area contributed by atoms with Gasteiger partial charge in [-0.1, -0.05) is 23.4 Å². The molecule has 0 radical (unpaired) electrons. The van der Waals surface area contributed by atoms with Gasteiger partial charge in [0.2, 0.25) is 17.2 Å². The minimum Gasteiger partial charge on any atom is -0.490 e. The van der Waals surface area contributed by atoms with Crippen molar-refractivity contribution in [2.45, 2.75) is 19.4 Å². The number of ether oxygens (including phenoxy) is 2. The average Bonchev–Trinajstić information content (AvgIpc) is 3.34. The van der Waals surface area contributed by atoms with Gasteiger partial charge in [-0.3, -0.25) is 0 Å². The summed E-state index contributed by atoms with van der Waals surface area (Å²) >= 11 is 0. The van der Waals surface area contributed by atoms with Crippen molar-refractivity contribution in [3.63, 3.8) is 0 Å². The predicted octanol–water partition coefficient (Wildman–Crippen LogP) is 4.18. The Morgan fingerprint density at radius 3 is 2.51 bits per heavy atom. The Balaban J connectivity index is 1.16. The first-order valence-corrected chi connectivity index (χ1v) is 12.5. The van der Waals surface area contributed by atoms with Gasteiger partial charge in [-0.2, -0.15) is 4.98 Å². The number of piperidine rings is 1. The fraction of sp³-hybridized carbons (Fsp3) is 0.259. The lowest BCUT2D eigenvalue weighted by molar-refractivity contribution is 0.214. The Kier molecular flexibility index (Phi) is 7.00. The zero-order chi connectivity index (χ0) is 26.6. The third-order valence-corrected chi connectivity index (χ3v) is 6.35. The summed E-state index contributed by atoms with van der Waals surface area (Å²) in [7, 11) is 0.